The maximum absolute atomic E-state index is 5.78. The lowest BCUT2D eigenvalue weighted by Crippen LogP contribution is -2.15. The van der Waals surface area contributed by atoms with Crippen molar-refractivity contribution in [2.45, 2.75) is 33.0 Å². The first-order valence-electron chi connectivity index (χ1n) is 6.47. The van der Waals surface area contributed by atoms with Gasteiger partial charge in [-0.3, -0.25) is 0 Å². The van der Waals surface area contributed by atoms with Crippen molar-refractivity contribution in [3.8, 4) is 5.75 Å². The van der Waals surface area contributed by atoms with E-state index in [-0.39, 0.29) is 6.10 Å². The Hall–Kier alpha value is -1.94. The molecular weight excluding hydrogens is 238 g/mol. The summed E-state index contributed by atoms with van der Waals surface area (Å²) in [5.74, 6) is 0.934. The molecule has 2 rings (SSSR count). The maximum atomic E-state index is 5.78. The molecule has 0 atom stereocenters. The normalized spacial score (nSPS) is 10.7. The van der Waals surface area contributed by atoms with Crippen LogP contribution >= 0.6 is 0 Å². The van der Waals surface area contributed by atoms with Crippen LogP contribution in [-0.4, -0.2) is 16.3 Å². The Bertz CT molecular complexity index is 500. The van der Waals surface area contributed by atoms with Gasteiger partial charge in [0.2, 0.25) is 0 Å². The third-order valence-electron chi connectivity index (χ3n) is 2.58. The van der Waals surface area contributed by atoms with Gasteiger partial charge in [-0.25, -0.2) is 0 Å². The standard InChI is InChI=1S/C15H19N3O/c1-12(2)19-15-8-4-3-6-13(15)10-16-11-14-7-5-9-17-18-14/h3-9,12,16H,10-11H2,1-2H3. The Morgan fingerprint density at radius 3 is 2.68 bits per heavy atom. The molecule has 2 aromatic rings. The van der Waals surface area contributed by atoms with Crippen molar-refractivity contribution in [2.75, 3.05) is 0 Å². The predicted molar refractivity (Wildman–Crippen MR) is 74.8 cm³/mol. The second kappa shape index (κ2) is 6.85. The summed E-state index contributed by atoms with van der Waals surface area (Å²) in [5, 5.41) is 11.2. The number of hydrogen-bond acceptors (Lipinski definition) is 4. The van der Waals surface area contributed by atoms with E-state index < -0.39 is 0 Å². The highest BCUT2D eigenvalue weighted by Gasteiger charge is 2.04. The van der Waals surface area contributed by atoms with Gasteiger partial charge in [0, 0.05) is 24.8 Å². The molecule has 1 aromatic carbocycles. The number of rotatable bonds is 6. The first-order valence-corrected chi connectivity index (χ1v) is 6.47. The van der Waals surface area contributed by atoms with E-state index in [1.54, 1.807) is 6.20 Å². The number of para-hydroxylation sites is 1. The molecule has 0 aliphatic heterocycles. The summed E-state index contributed by atoms with van der Waals surface area (Å²) in [6, 6.07) is 11.9. The molecule has 19 heavy (non-hydrogen) atoms. The molecule has 4 nitrogen and oxygen atoms in total. The van der Waals surface area contributed by atoms with Crippen LogP contribution in [-0.2, 0) is 13.1 Å². The van der Waals surface area contributed by atoms with E-state index in [4.69, 9.17) is 4.74 Å². The molecule has 0 fully saturated rings. The van der Waals surface area contributed by atoms with Crippen LogP contribution in [0.2, 0.25) is 0 Å². The van der Waals surface area contributed by atoms with E-state index >= 15 is 0 Å². The largest absolute Gasteiger partial charge is 0.491 e. The Morgan fingerprint density at radius 2 is 1.95 bits per heavy atom. The van der Waals surface area contributed by atoms with E-state index in [1.165, 1.54) is 0 Å². The summed E-state index contributed by atoms with van der Waals surface area (Å²) in [4.78, 5) is 0. The van der Waals surface area contributed by atoms with Crippen LogP contribution in [0.4, 0.5) is 0 Å². The third kappa shape index (κ3) is 4.34. The fourth-order valence-corrected chi connectivity index (χ4v) is 1.77. The highest BCUT2D eigenvalue weighted by molar-refractivity contribution is 5.33. The number of nitrogens with one attached hydrogen (secondary N) is 1. The molecule has 0 aliphatic carbocycles. The van der Waals surface area contributed by atoms with Crippen molar-refractivity contribution in [2.24, 2.45) is 0 Å². The first kappa shape index (κ1) is 13.5. The van der Waals surface area contributed by atoms with Crippen LogP contribution in [0.1, 0.15) is 25.1 Å². The summed E-state index contributed by atoms with van der Waals surface area (Å²) in [6.45, 7) is 5.51. The fraction of sp³-hybridized carbons (Fsp3) is 0.333. The fourth-order valence-electron chi connectivity index (χ4n) is 1.77. The average Bonchev–Trinajstić information content (AvgIpc) is 2.41. The minimum atomic E-state index is 0.182. The highest BCUT2D eigenvalue weighted by Crippen LogP contribution is 2.19. The number of aromatic nitrogens is 2. The average molecular weight is 257 g/mol. The summed E-state index contributed by atoms with van der Waals surface area (Å²) >= 11 is 0. The number of nitrogens with zero attached hydrogens (tertiary/aromatic N) is 2. The minimum absolute atomic E-state index is 0.182. The van der Waals surface area contributed by atoms with Crippen molar-refractivity contribution >= 4 is 0 Å². The molecule has 0 spiro atoms. The summed E-state index contributed by atoms with van der Waals surface area (Å²) in [7, 11) is 0. The lowest BCUT2D eigenvalue weighted by molar-refractivity contribution is 0.239. The van der Waals surface area contributed by atoms with Gasteiger partial charge in [-0.15, -0.1) is 0 Å². The van der Waals surface area contributed by atoms with Crippen molar-refractivity contribution < 1.29 is 4.74 Å². The van der Waals surface area contributed by atoms with E-state index in [1.807, 2.05) is 44.2 Å². The van der Waals surface area contributed by atoms with Crippen LogP contribution in [0.25, 0.3) is 0 Å². The van der Waals surface area contributed by atoms with Gasteiger partial charge in [0.25, 0.3) is 0 Å². The van der Waals surface area contributed by atoms with E-state index in [0.717, 1.165) is 23.6 Å². The van der Waals surface area contributed by atoms with E-state index in [9.17, 15) is 0 Å². The number of ether oxygens (including phenoxy) is 1. The quantitative estimate of drug-likeness (QED) is 0.864. The van der Waals surface area contributed by atoms with Gasteiger partial charge in [0.05, 0.1) is 11.8 Å². The van der Waals surface area contributed by atoms with Gasteiger partial charge in [0.1, 0.15) is 5.75 Å². The van der Waals surface area contributed by atoms with Gasteiger partial charge < -0.3 is 10.1 Å². The van der Waals surface area contributed by atoms with Crippen LogP contribution in [0.5, 0.6) is 5.75 Å². The lowest BCUT2D eigenvalue weighted by atomic mass is 10.2. The lowest BCUT2D eigenvalue weighted by Gasteiger charge is -2.14. The molecule has 4 heteroatoms. The minimum Gasteiger partial charge on any atom is -0.491 e. The Balaban J connectivity index is 1.92. The van der Waals surface area contributed by atoms with Gasteiger partial charge >= 0.3 is 0 Å². The summed E-state index contributed by atoms with van der Waals surface area (Å²) < 4.78 is 5.78. The van der Waals surface area contributed by atoms with Crippen molar-refractivity contribution in [3.05, 3.63) is 53.9 Å². The van der Waals surface area contributed by atoms with E-state index in [0.29, 0.717) is 6.54 Å². The van der Waals surface area contributed by atoms with Crippen LogP contribution in [0, 0.1) is 0 Å². The molecule has 0 aliphatic rings. The molecule has 0 saturated heterocycles. The Labute approximate surface area is 113 Å². The van der Waals surface area contributed by atoms with Crippen LogP contribution in [0.15, 0.2) is 42.6 Å². The van der Waals surface area contributed by atoms with Gasteiger partial charge in [0.15, 0.2) is 0 Å². The van der Waals surface area contributed by atoms with Crippen molar-refractivity contribution in [1.29, 1.82) is 0 Å². The van der Waals surface area contributed by atoms with Crippen molar-refractivity contribution in [3.63, 3.8) is 0 Å². The Kier molecular flexibility index (Phi) is 4.86. The molecule has 1 heterocycles. The zero-order chi connectivity index (χ0) is 13.5. The van der Waals surface area contributed by atoms with Crippen LogP contribution in [0.3, 0.4) is 0 Å². The molecule has 0 amide bonds. The highest BCUT2D eigenvalue weighted by atomic mass is 16.5. The molecule has 1 aromatic heterocycles. The molecule has 0 unspecified atom stereocenters. The topological polar surface area (TPSA) is 47.0 Å². The van der Waals surface area contributed by atoms with E-state index in [2.05, 4.69) is 21.6 Å². The molecule has 0 saturated carbocycles. The second-order valence-electron chi connectivity index (χ2n) is 4.59. The molecule has 0 radical (unpaired) electrons. The zero-order valence-corrected chi connectivity index (χ0v) is 11.3. The summed E-state index contributed by atoms with van der Waals surface area (Å²) in [6.07, 6.45) is 1.86. The zero-order valence-electron chi connectivity index (χ0n) is 11.3. The van der Waals surface area contributed by atoms with Gasteiger partial charge in [-0.05, 0) is 32.0 Å². The third-order valence-corrected chi connectivity index (χ3v) is 2.58. The number of hydrogen-bond donors (Lipinski definition) is 1. The monoisotopic (exact) mass is 257 g/mol. The van der Waals surface area contributed by atoms with Crippen molar-refractivity contribution in [1.82, 2.24) is 15.5 Å². The summed E-state index contributed by atoms with van der Waals surface area (Å²) in [5.41, 5.74) is 2.09. The predicted octanol–water partition coefficient (Wildman–Crippen LogP) is 2.55. The smallest absolute Gasteiger partial charge is 0.124 e. The molecule has 1 N–H and O–H groups in total. The molecule has 100 valence electrons. The maximum Gasteiger partial charge on any atom is 0.124 e. The van der Waals surface area contributed by atoms with Gasteiger partial charge in [-0.1, -0.05) is 18.2 Å². The molecular formula is C15H19N3O. The van der Waals surface area contributed by atoms with Gasteiger partial charge in [-0.2, -0.15) is 10.2 Å². The van der Waals surface area contributed by atoms with Crippen LogP contribution < -0.4 is 10.1 Å². The Morgan fingerprint density at radius 1 is 1.11 bits per heavy atom. The first-order chi connectivity index (χ1) is 9.25. The number of benzene rings is 1. The SMILES string of the molecule is CC(C)Oc1ccccc1CNCc1cccnn1. The molecule has 0 bridgehead atoms. The second-order valence-corrected chi connectivity index (χ2v) is 4.59.